The molecule has 0 saturated heterocycles. The predicted octanol–water partition coefficient (Wildman–Crippen LogP) is 3.28. The number of fused-ring (bicyclic) bond motifs is 1. The van der Waals surface area contributed by atoms with Gasteiger partial charge in [0, 0.05) is 24.2 Å². The summed E-state index contributed by atoms with van der Waals surface area (Å²) >= 11 is 0. The normalized spacial score (nSPS) is 20.1. The summed E-state index contributed by atoms with van der Waals surface area (Å²) in [6.45, 7) is 6.28. The summed E-state index contributed by atoms with van der Waals surface area (Å²) in [5.74, 6) is 0.736. The van der Waals surface area contributed by atoms with Crippen LogP contribution in [0.1, 0.15) is 32.3 Å². The first-order valence-electron chi connectivity index (χ1n) is 6.77. The Hall–Kier alpha value is -1.64. The Morgan fingerprint density at radius 1 is 1.39 bits per heavy atom. The summed E-state index contributed by atoms with van der Waals surface area (Å²) in [6.07, 6.45) is 4.31. The lowest BCUT2D eigenvalue weighted by Gasteiger charge is -2.17. The Kier molecular flexibility index (Phi) is 2.90. The molecule has 1 unspecified atom stereocenters. The van der Waals surface area contributed by atoms with E-state index >= 15 is 0 Å². The van der Waals surface area contributed by atoms with Crippen LogP contribution in [-0.2, 0) is 6.54 Å². The third-order valence-electron chi connectivity index (χ3n) is 3.74. The molecule has 0 bridgehead atoms. The van der Waals surface area contributed by atoms with Crippen molar-refractivity contribution in [3.05, 3.63) is 30.0 Å². The highest BCUT2D eigenvalue weighted by Crippen LogP contribution is 2.21. The molecule has 0 N–H and O–H groups in total. The average molecular weight is 241 g/mol. The van der Waals surface area contributed by atoms with Gasteiger partial charge in [-0.2, -0.15) is 5.10 Å². The van der Waals surface area contributed by atoms with E-state index in [4.69, 9.17) is 4.99 Å². The van der Waals surface area contributed by atoms with Gasteiger partial charge in [-0.3, -0.25) is 9.67 Å². The van der Waals surface area contributed by atoms with Crippen LogP contribution in [0, 0.1) is 5.92 Å². The van der Waals surface area contributed by atoms with E-state index in [0.717, 1.165) is 25.4 Å². The Labute approximate surface area is 108 Å². The zero-order valence-electron chi connectivity index (χ0n) is 11.1. The largest absolute Gasteiger partial charge is 0.289 e. The van der Waals surface area contributed by atoms with E-state index in [0.29, 0.717) is 0 Å². The molecule has 1 aromatic carbocycles. The number of aromatic nitrogens is 2. The molecule has 0 aliphatic carbocycles. The third kappa shape index (κ3) is 1.94. The Balaban J connectivity index is 1.99. The molecule has 2 aromatic rings. The van der Waals surface area contributed by atoms with Gasteiger partial charge in [-0.05, 0) is 43.4 Å². The zero-order valence-corrected chi connectivity index (χ0v) is 11.1. The molecule has 0 fully saturated rings. The predicted molar refractivity (Wildman–Crippen MR) is 75.2 cm³/mol. The number of nitrogens with zero attached hydrogens (tertiary/aromatic N) is 3. The van der Waals surface area contributed by atoms with Crippen molar-refractivity contribution in [3.8, 4) is 0 Å². The van der Waals surface area contributed by atoms with Crippen LogP contribution in [0.5, 0.6) is 0 Å². The van der Waals surface area contributed by atoms with Gasteiger partial charge in [0.1, 0.15) is 0 Å². The van der Waals surface area contributed by atoms with Crippen LogP contribution in [0.15, 0.2) is 29.4 Å². The molecule has 1 atom stereocenters. The maximum Gasteiger partial charge on any atom is 0.0682 e. The second kappa shape index (κ2) is 4.56. The van der Waals surface area contributed by atoms with E-state index < -0.39 is 0 Å². The number of hydrogen-bond acceptors (Lipinski definition) is 2. The summed E-state index contributed by atoms with van der Waals surface area (Å²) in [4.78, 5) is 4.70. The molecule has 0 saturated carbocycles. The first-order valence-corrected chi connectivity index (χ1v) is 6.77. The smallest absolute Gasteiger partial charge is 0.0682 e. The highest BCUT2D eigenvalue weighted by molar-refractivity contribution is 6.03. The van der Waals surface area contributed by atoms with Crippen LogP contribution in [0.25, 0.3) is 10.9 Å². The Bertz CT molecular complexity index is 595. The molecule has 1 aliphatic heterocycles. The number of benzene rings is 1. The maximum absolute atomic E-state index is 4.70. The lowest BCUT2D eigenvalue weighted by Crippen LogP contribution is -2.14. The summed E-state index contributed by atoms with van der Waals surface area (Å²) in [7, 11) is 0. The average Bonchev–Trinajstić information content (AvgIpc) is 2.81. The topological polar surface area (TPSA) is 30.2 Å². The molecule has 0 radical (unpaired) electrons. The second-order valence-corrected chi connectivity index (χ2v) is 5.17. The molecule has 1 aromatic heterocycles. The highest BCUT2D eigenvalue weighted by Gasteiger charge is 2.13. The van der Waals surface area contributed by atoms with Crippen molar-refractivity contribution in [1.29, 1.82) is 0 Å². The zero-order chi connectivity index (χ0) is 12.5. The van der Waals surface area contributed by atoms with Crippen LogP contribution < -0.4 is 0 Å². The van der Waals surface area contributed by atoms with Gasteiger partial charge in [-0.25, -0.2) is 0 Å². The minimum atomic E-state index is 0.736. The molecular weight excluding hydrogens is 222 g/mol. The van der Waals surface area contributed by atoms with Crippen molar-refractivity contribution >= 4 is 16.6 Å². The molecular formula is C15H19N3. The van der Waals surface area contributed by atoms with E-state index in [1.165, 1.54) is 28.6 Å². The number of aliphatic imine (C=N–C) groups is 1. The van der Waals surface area contributed by atoms with Gasteiger partial charge in [0.15, 0.2) is 0 Å². The van der Waals surface area contributed by atoms with Crippen LogP contribution in [-0.4, -0.2) is 22.0 Å². The molecule has 1 aliphatic rings. The van der Waals surface area contributed by atoms with Crippen molar-refractivity contribution in [2.75, 3.05) is 6.54 Å². The van der Waals surface area contributed by atoms with Crippen LogP contribution in [0.2, 0.25) is 0 Å². The van der Waals surface area contributed by atoms with Gasteiger partial charge >= 0.3 is 0 Å². The molecule has 18 heavy (non-hydrogen) atoms. The minimum absolute atomic E-state index is 0.736. The Morgan fingerprint density at radius 2 is 2.28 bits per heavy atom. The molecule has 3 rings (SSSR count). The monoisotopic (exact) mass is 241 g/mol. The van der Waals surface area contributed by atoms with Crippen molar-refractivity contribution in [3.63, 3.8) is 0 Å². The van der Waals surface area contributed by atoms with E-state index in [-0.39, 0.29) is 0 Å². The van der Waals surface area contributed by atoms with Gasteiger partial charge in [-0.1, -0.05) is 13.0 Å². The van der Waals surface area contributed by atoms with Gasteiger partial charge in [0.2, 0.25) is 0 Å². The van der Waals surface area contributed by atoms with Crippen molar-refractivity contribution < 1.29 is 0 Å². The summed E-state index contributed by atoms with van der Waals surface area (Å²) in [5, 5.41) is 5.61. The summed E-state index contributed by atoms with van der Waals surface area (Å²) in [6, 6.07) is 6.58. The SMILES string of the molecule is CCn1ncc2cc(C3=NCC(C)CC3)ccc21. The molecule has 2 heterocycles. The van der Waals surface area contributed by atoms with Gasteiger partial charge in [0.05, 0.1) is 11.7 Å². The number of hydrogen-bond donors (Lipinski definition) is 0. The van der Waals surface area contributed by atoms with Crippen molar-refractivity contribution in [2.24, 2.45) is 10.9 Å². The van der Waals surface area contributed by atoms with Crippen molar-refractivity contribution in [1.82, 2.24) is 9.78 Å². The van der Waals surface area contributed by atoms with Crippen molar-refractivity contribution in [2.45, 2.75) is 33.2 Å². The van der Waals surface area contributed by atoms with Crippen LogP contribution in [0.4, 0.5) is 0 Å². The lowest BCUT2D eigenvalue weighted by molar-refractivity contribution is 0.538. The van der Waals surface area contributed by atoms with Gasteiger partial charge in [0.25, 0.3) is 0 Å². The van der Waals surface area contributed by atoms with E-state index in [9.17, 15) is 0 Å². The Morgan fingerprint density at radius 3 is 3.00 bits per heavy atom. The maximum atomic E-state index is 4.70. The molecule has 3 heteroatoms. The number of rotatable bonds is 2. The first kappa shape index (κ1) is 11.5. The van der Waals surface area contributed by atoms with Crippen LogP contribution >= 0.6 is 0 Å². The lowest BCUT2D eigenvalue weighted by atomic mass is 9.95. The van der Waals surface area contributed by atoms with Crippen LogP contribution in [0.3, 0.4) is 0 Å². The first-order chi connectivity index (χ1) is 8.78. The molecule has 94 valence electrons. The fourth-order valence-electron chi connectivity index (χ4n) is 2.57. The number of aryl methyl sites for hydroxylation is 1. The molecule has 0 spiro atoms. The standard InChI is InChI=1S/C15H19N3/c1-3-18-15-7-5-12(8-13(15)10-17-18)14-6-4-11(2)9-16-14/h5,7-8,10-11H,3-4,6,9H2,1-2H3. The van der Waals surface area contributed by atoms with E-state index in [1.54, 1.807) is 0 Å². The highest BCUT2D eigenvalue weighted by atomic mass is 15.3. The van der Waals surface area contributed by atoms with E-state index in [2.05, 4.69) is 37.1 Å². The van der Waals surface area contributed by atoms with Gasteiger partial charge < -0.3 is 0 Å². The fraction of sp³-hybridized carbons (Fsp3) is 0.467. The third-order valence-corrected chi connectivity index (χ3v) is 3.74. The fourth-order valence-corrected chi connectivity index (χ4v) is 2.57. The summed E-state index contributed by atoms with van der Waals surface area (Å²) in [5.41, 5.74) is 3.75. The quantitative estimate of drug-likeness (QED) is 0.793. The molecule has 0 amide bonds. The second-order valence-electron chi connectivity index (χ2n) is 5.17. The minimum Gasteiger partial charge on any atom is -0.289 e. The van der Waals surface area contributed by atoms with E-state index in [1.807, 2.05) is 10.9 Å². The molecule has 3 nitrogen and oxygen atoms in total. The summed E-state index contributed by atoms with van der Waals surface area (Å²) < 4.78 is 2.03. The van der Waals surface area contributed by atoms with Gasteiger partial charge in [-0.15, -0.1) is 0 Å².